The first-order valence-electron chi connectivity index (χ1n) is 8.09. The van der Waals surface area contributed by atoms with Crippen LogP contribution in [-0.2, 0) is 4.74 Å². The molecule has 0 radical (unpaired) electrons. The van der Waals surface area contributed by atoms with Crippen molar-refractivity contribution in [2.24, 2.45) is 0 Å². The minimum absolute atomic E-state index is 0.00657. The van der Waals surface area contributed by atoms with Crippen LogP contribution in [0.1, 0.15) is 15.2 Å². The van der Waals surface area contributed by atoms with Crippen molar-refractivity contribution in [3.05, 3.63) is 41.5 Å². The highest BCUT2D eigenvalue weighted by molar-refractivity contribution is 7.20. The lowest BCUT2D eigenvalue weighted by Gasteiger charge is -2.28. The number of carbonyl (C=O) groups is 1. The molecule has 0 spiro atoms. The average molecular weight is 368 g/mol. The summed E-state index contributed by atoms with van der Waals surface area (Å²) in [4.78, 5) is 27.3. The summed E-state index contributed by atoms with van der Waals surface area (Å²) in [7, 11) is 0. The standard InChI is InChI=1S/C18H16N4O3S/c1-11(24)15-7-14-16(26-15)18(22-2-4-25-5-3-22)21-17(20-14)13-6-12(10-23)8-19-9-13/h6-10,24H,1-5H2. The Bertz CT molecular complexity index is 995. The number of ether oxygens (including phenoxy) is 1. The molecular formula is C18H16N4O3S. The Morgan fingerprint density at radius 3 is 2.81 bits per heavy atom. The van der Waals surface area contributed by atoms with Crippen molar-refractivity contribution in [1.29, 1.82) is 0 Å². The number of rotatable bonds is 4. The number of hydrogen-bond acceptors (Lipinski definition) is 8. The highest BCUT2D eigenvalue weighted by Crippen LogP contribution is 2.36. The maximum atomic E-state index is 11.1. The molecule has 4 rings (SSSR count). The highest BCUT2D eigenvalue weighted by Gasteiger charge is 2.20. The van der Waals surface area contributed by atoms with Crippen LogP contribution in [0.3, 0.4) is 0 Å². The number of carbonyl (C=O) groups excluding carboxylic acids is 1. The Balaban J connectivity index is 1.90. The number of aliphatic hydroxyl groups is 1. The summed E-state index contributed by atoms with van der Waals surface area (Å²) in [5.41, 5.74) is 1.86. The summed E-state index contributed by atoms with van der Waals surface area (Å²) in [5.74, 6) is 1.29. The fraction of sp³-hybridized carbons (Fsp3) is 0.222. The van der Waals surface area contributed by atoms with Crippen LogP contribution in [0.2, 0.25) is 0 Å². The van der Waals surface area contributed by atoms with Gasteiger partial charge in [0.25, 0.3) is 0 Å². The summed E-state index contributed by atoms with van der Waals surface area (Å²) in [5, 5.41) is 9.77. The SMILES string of the molecule is C=C(O)c1cc2nc(-c3cncc(C=O)c3)nc(N3CCOCC3)c2s1. The minimum Gasteiger partial charge on any atom is -0.507 e. The maximum absolute atomic E-state index is 11.1. The number of pyridine rings is 1. The van der Waals surface area contributed by atoms with Crippen LogP contribution < -0.4 is 4.90 Å². The zero-order valence-corrected chi connectivity index (χ0v) is 14.7. The first-order valence-corrected chi connectivity index (χ1v) is 8.90. The molecule has 3 aromatic rings. The minimum atomic E-state index is 0.00657. The second-order valence-electron chi connectivity index (χ2n) is 5.87. The molecule has 0 saturated carbocycles. The van der Waals surface area contributed by atoms with Crippen molar-refractivity contribution in [2.75, 3.05) is 31.2 Å². The zero-order chi connectivity index (χ0) is 18.1. The number of morpholine rings is 1. The van der Waals surface area contributed by atoms with Gasteiger partial charge < -0.3 is 14.7 Å². The van der Waals surface area contributed by atoms with Crippen LogP contribution in [0.25, 0.3) is 27.4 Å². The molecule has 8 heteroatoms. The van der Waals surface area contributed by atoms with Crippen LogP contribution in [0.4, 0.5) is 5.82 Å². The van der Waals surface area contributed by atoms with Crippen LogP contribution >= 0.6 is 11.3 Å². The Morgan fingerprint density at radius 2 is 2.08 bits per heavy atom. The van der Waals surface area contributed by atoms with Gasteiger partial charge in [0.2, 0.25) is 0 Å². The van der Waals surface area contributed by atoms with E-state index in [1.165, 1.54) is 17.5 Å². The van der Waals surface area contributed by atoms with E-state index in [1.807, 2.05) is 0 Å². The first-order chi connectivity index (χ1) is 12.7. The molecular weight excluding hydrogens is 352 g/mol. The van der Waals surface area contributed by atoms with Gasteiger partial charge in [0, 0.05) is 36.6 Å². The normalized spacial score (nSPS) is 14.5. The van der Waals surface area contributed by atoms with Crippen molar-refractivity contribution in [3.8, 4) is 11.4 Å². The van der Waals surface area contributed by atoms with Gasteiger partial charge in [-0.2, -0.15) is 0 Å². The fourth-order valence-electron chi connectivity index (χ4n) is 2.82. The molecule has 1 aliphatic heterocycles. The molecule has 0 amide bonds. The number of hydrogen-bond donors (Lipinski definition) is 1. The number of aliphatic hydroxyl groups excluding tert-OH is 1. The van der Waals surface area contributed by atoms with E-state index in [1.54, 1.807) is 18.3 Å². The summed E-state index contributed by atoms with van der Waals surface area (Å²) >= 11 is 1.41. The number of nitrogens with zero attached hydrogens (tertiary/aromatic N) is 4. The van der Waals surface area contributed by atoms with Crippen molar-refractivity contribution in [2.45, 2.75) is 0 Å². The molecule has 1 aliphatic rings. The Morgan fingerprint density at radius 1 is 1.27 bits per heavy atom. The third kappa shape index (κ3) is 3.04. The Labute approximate surface area is 153 Å². The topological polar surface area (TPSA) is 88.4 Å². The van der Waals surface area contributed by atoms with E-state index in [4.69, 9.17) is 9.72 Å². The quantitative estimate of drug-likeness (QED) is 0.559. The highest BCUT2D eigenvalue weighted by atomic mass is 32.1. The molecule has 1 saturated heterocycles. The van der Waals surface area contributed by atoms with E-state index >= 15 is 0 Å². The van der Waals surface area contributed by atoms with E-state index in [9.17, 15) is 9.90 Å². The number of aldehydes is 1. The molecule has 0 unspecified atom stereocenters. The molecule has 0 atom stereocenters. The number of fused-ring (bicyclic) bond motifs is 1. The smallest absolute Gasteiger partial charge is 0.163 e. The van der Waals surface area contributed by atoms with E-state index in [0.29, 0.717) is 35.0 Å². The van der Waals surface area contributed by atoms with E-state index in [-0.39, 0.29) is 5.76 Å². The second-order valence-corrected chi connectivity index (χ2v) is 6.92. The third-order valence-corrected chi connectivity index (χ3v) is 5.27. The van der Waals surface area contributed by atoms with Gasteiger partial charge in [-0.25, -0.2) is 9.97 Å². The van der Waals surface area contributed by atoms with Gasteiger partial charge in [-0.3, -0.25) is 9.78 Å². The van der Waals surface area contributed by atoms with Crippen LogP contribution in [0, 0.1) is 0 Å². The van der Waals surface area contributed by atoms with E-state index < -0.39 is 0 Å². The largest absolute Gasteiger partial charge is 0.507 e. The molecule has 0 aliphatic carbocycles. The molecule has 1 fully saturated rings. The fourth-order valence-corrected chi connectivity index (χ4v) is 3.80. The van der Waals surface area contributed by atoms with Gasteiger partial charge in [-0.05, 0) is 12.1 Å². The number of aromatic nitrogens is 3. The number of anilines is 1. The molecule has 1 N–H and O–H groups in total. The first kappa shape index (κ1) is 16.6. The Kier molecular flexibility index (Phi) is 4.36. The van der Waals surface area contributed by atoms with Crippen molar-refractivity contribution < 1.29 is 14.6 Å². The van der Waals surface area contributed by atoms with E-state index in [0.717, 1.165) is 35.4 Å². The second kappa shape index (κ2) is 6.81. The van der Waals surface area contributed by atoms with Crippen molar-refractivity contribution in [1.82, 2.24) is 15.0 Å². The molecule has 0 bridgehead atoms. The summed E-state index contributed by atoms with van der Waals surface area (Å²) in [6, 6.07) is 3.51. The summed E-state index contributed by atoms with van der Waals surface area (Å²) < 4.78 is 6.33. The molecule has 132 valence electrons. The monoisotopic (exact) mass is 368 g/mol. The average Bonchev–Trinajstić information content (AvgIpc) is 3.12. The molecule has 7 nitrogen and oxygen atoms in total. The molecule has 4 heterocycles. The lowest BCUT2D eigenvalue weighted by atomic mass is 10.2. The van der Waals surface area contributed by atoms with Gasteiger partial charge in [-0.15, -0.1) is 11.3 Å². The van der Waals surface area contributed by atoms with Gasteiger partial charge in [0.05, 0.1) is 28.3 Å². The number of thiophene rings is 1. The van der Waals surface area contributed by atoms with Gasteiger partial charge >= 0.3 is 0 Å². The van der Waals surface area contributed by atoms with Crippen molar-refractivity contribution >= 4 is 39.4 Å². The van der Waals surface area contributed by atoms with Gasteiger partial charge in [0.1, 0.15) is 5.76 Å². The van der Waals surface area contributed by atoms with Crippen LogP contribution in [0.5, 0.6) is 0 Å². The lowest BCUT2D eigenvalue weighted by molar-refractivity contribution is 0.112. The van der Waals surface area contributed by atoms with E-state index in [2.05, 4.69) is 21.4 Å². The maximum Gasteiger partial charge on any atom is 0.163 e. The predicted octanol–water partition coefficient (Wildman–Crippen LogP) is 2.93. The zero-order valence-electron chi connectivity index (χ0n) is 13.9. The lowest BCUT2D eigenvalue weighted by Crippen LogP contribution is -2.36. The summed E-state index contributed by atoms with van der Waals surface area (Å²) in [6.07, 6.45) is 3.88. The molecule has 3 aromatic heterocycles. The predicted molar refractivity (Wildman–Crippen MR) is 101 cm³/mol. The molecule has 26 heavy (non-hydrogen) atoms. The van der Waals surface area contributed by atoms with Crippen LogP contribution in [-0.4, -0.2) is 52.6 Å². The van der Waals surface area contributed by atoms with Gasteiger partial charge in [-0.1, -0.05) is 6.58 Å². The van der Waals surface area contributed by atoms with Gasteiger partial charge in [0.15, 0.2) is 17.9 Å². The van der Waals surface area contributed by atoms with Crippen molar-refractivity contribution in [3.63, 3.8) is 0 Å². The third-order valence-electron chi connectivity index (χ3n) is 4.10. The summed E-state index contributed by atoms with van der Waals surface area (Å²) in [6.45, 7) is 6.32. The molecule has 0 aromatic carbocycles. The van der Waals surface area contributed by atoms with Crippen LogP contribution in [0.15, 0.2) is 31.1 Å². The Hall–Kier alpha value is -2.84.